The van der Waals surface area contributed by atoms with Gasteiger partial charge in [-0.25, -0.2) is 13.2 Å². The molecule has 1 unspecified atom stereocenters. The maximum atomic E-state index is 12.7. The molecule has 6 rings (SSSR count). The fourth-order valence-electron chi connectivity index (χ4n) is 5.85. The fourth-order valence-corrected chi connectivity index (χ4v) is 7.28. The lowest BCUT2D eigenvalue weighted by atomic mass is 9.82. The molecule has 1 spiro atoms. The number of rotatable bonds is 7. The van der Waals surface area contributed by atoms with Crippen molar-refractivity contribution in [3.05, 3.63) is 83.7 Å². The third-order valence-corrected chi connectivity index (χ3v) is 10.0. The Hall–Kier alpha value is -3.39. The summed E-state index contributed by atoms with van der Waals surface area (Å²) < 4.78 is 37.6. The monoisotopic (exact) mass is 560 g/mol. The lowest BCUT2D eigenvalue weighted by Gasteiger charge is -2.44. The Morgan fingerprint density at radius 1 is 1.02 bits per heavy atom. The van der Waals surface area contributed by atoms with Crippen LogP contribution in [0.1, 0.15) is 55.8 Å². The number of hydrogen-bond donors (Lipinski definition) is 0. The molecule has 40 heavy (non-hydrogen) atoms. The third-order valence-electron chi connectivity index (χ3n) is 8.51. The number of benzene rings is 2. The normalized spacial score (nSPS) is 19.0. The van der Waals surface area contributed by atoms with Crippen LogP contribution >= 0.6 is 0 Å². The number of aromatic nitrogens is 1. The van der Waals surface area contributed by atoms with E-state index in [2.05, 4.69) is 23.2 Å². The molecule has 1 aliphatic carbocycles. The first-order valence-corrected chi connectivity index (χ1v) is 16.1. The zero-order valence-corrected chi connectivity index (χ0v) is 23.7. The topological polar surface area (TPSA) is 85.8 Å². The van der Waals surface area contributed by atoms with Crippen LogP contribution in [0.25, 0.3) is 11.1 Å². The molecule has 2 aromatic carbocycles. The Labute approximate surface area is 236 Å². The third kappa shape index (κ3) is 6.17. The highest BCUT2D eigenvalue weighted by Crippen LogP contribution is 2.41. The van der Waals surface area contributed by atoms with Gasteiger partial charge in [0.2, 0.25) is 0 Å². The van der Waals surface area contributed by atoms with Gasteiger partial charge in [0.25, 0.3) is 0 Å². The van der Waals surface area contributed by atoms with E-state index in [1.807, 2.05) is 36.1 Å². The zero-order chi connectivity index (χ0) is 27.7. The number of nitrogens with zero attached hydrogens (tertiary/aromatic N) is 2. The van der Waals surface area contributed by atoms with Crippen LogP contribution in [0.2, 0.25) is 0 Å². The molecule has 210 valence electrons. The molecule has 0 bridgehead atoms. The summed E-state index contributed by atoms with van der Waals surface area (Å²) in [6.45, 7) is 3.32. The Bertz CT molecular complexity index is 1460. The van der Waals surface area contributed by atoms with E-state index in [0.29, 0.717) is 24.7 Å². The van der Waals surface area contributed by atoms with E-state index in [0.717, 1.165) is 61.0 Å². The van der Waals surface area contributed by atoms with Gasteiger partial charge < -0.3 is 14.4 Å². The molecule has 1 aromatic heterocycles. The molecule has 1 saturated carbocycles. The lowest BCUT2D eigenvalue weighted by molar-refractivity contribution is -0.0194. The van der Waals surface area contributed by atoms with E-state index in [1.165, 1.54) is 5.56 Å². The number of aryl methyl sites for hydroxylation is 1. The van der Waals surface area contributed by atoms with Crippen molar-refractivity contribution in [3.8, 4) is 16.9 Å². The van der Waals surface area contributed by atoms with Gasteiger partial charge in [-0.05, 0) is 85.0 Å². The Balaban J connectivity index is 1.06. The van der Waals surface area contributed by atoms with Crippen LogP contribution in [0.4, 0.5) is 4.79 Å². The standard InChI is InChI=1S/C32H36N2O5S/c1-23(25-9-10-25)38-31(35)34-18-15-32(16-19-34)14-13-28-20-27(11-12-30(28)39-32)26-7-5-24(6-8-26)21-40(36,37)22-29-4-2-3-17-33-29/h2-8,11-12,17,20,23,25H,9-10,13-16,18-19,21-22H2,1H3. The fraction of sp³-hybridized carbons (Fsp3) is 0.438. The number of pyridine rings is 1. The van der Waals surface area contributed by atoms with E-state index in [1.54, 1.807) is 24.4 Å². The zero-order valence-electron chi connectivity index (χ0n) is 22.9. The second-order valence-corrected chi connectivity index (χ2v) is 13.6. The van der Waals surface area contributed by atoms with E-state index in [4.69, 9.17) is 9.47 Å². The summed E-state index contributed by atoms with van der Waals surface area (Å²) in [5.41, 5.74) is 4.41. The van der Waals surface area contributed by atoms with Gasteiger partial charge in [-0.3, -0.25) is 4.98 Å². The highest BCUT2D eigenvalue weighted by atomic mass is 32.2. The van der Waals surface area contributed by atoms with Crippen LogP contribution in [-0.2, 0) is 32.5 Å². The van der Waals surface area contributed by atoms with Crippen molar-refractivity contribution in [1.82, 2.24) is 9.88 Å². The quantitative estimate of drug-likeness (QED) is 0.355. The molecule has 3 heterocycles. The molecule has 1 saturated heterocycles. The SMILES string of the molecule is CC(OC(=O)N1CCC2(CCc3cc(-c4ccc(CS(=O)(=O)Cc5ccccn5)cc4)ccc3O2)CC1)C1CC1. The summed E-state index contributed by atoms with van der Waals surface area (Å²) in [5.74, 6) is 1.38. The average Bonchev–Trinajstić information content (AvgIpc) is 3.80. The first-order chi connectivity index (χ1) is 19.3. The van der Waals surface area contributed by atoms with Crippen molar-refractivity contribution in [1.29, 1.82) is 0 Å². The van der Waals surface area contributed by atoms with Crippen molar-refractivity contribution in [2.75, 3.05) is 13.1 Å². The van der Waals surface area contributed by atoms with Crippen molar-refractivity contribution in [3.63, 3.8) is 0 Å². The summed E-state index contributed by atoms with van der Waals surface area (Å²) in [5, 5.41) is 0. The molecule has 1 atom stereocenters. The summed E-state index contributed by atoms with van der Waals surface area (Å²) in [6, 6.07) is 19.4. The van der Waals surface area contributed by atoms with Crippen LogP contribution in [0, 0.1) is 5.92 Å². The first kappa shape index (κ1) is 26.8. The van der Waals surface area contributed by atoms with Crippen molar-refractivity contribution >= 4 is 15.9 Å². The van der Waals surface area contributed by atoms with Gasteiger partial charge in [-0.2, -0.15) is 0 Å². The molecule has 0 N–H and O–H groups in total. The molecule has 0 radical (unpaired) electrons. The van der Waals surface area contributed by atoms with Gasteiger partial charge in [0.1, 0.15) is 17.5 Å². The van der Waals surface area contributed by atoms with Crippen LogP contribution in [-0.4, -0.2) is 49.2 Å². The Morgan fingerprint density at radius 2 is 1.77 bits per heavy atom. The van der Waals surface area contributed by atoms with Crippen LogP contribution in [0.15, 0.2) is 66.9 Å². The second kappa shape index (κ2) is 10.9. The molecular weight excluding hydrogens is 524 g/mol. The number of carbonyl (C=O) groups excluding carboxylic acids is 1. The van der Waals surface area contributed by atoms with Gasteiger partial charge in [-0.1, -0.05) is 36.4 Å². The number of carbonyl (C=O) groups is 1. The molecule has 2 aliphatic heterocycles. The molecule has 2 fully saturated rings. The summed E-state index contributed by atoms with van der Waals surface area (Å²) in [4.78, 5) is 18.5. The average molecular weight is 561 g/mol. The molecule has 8 heteroatoms. The molecule has 3 aromatic rings. The second-order valence-electron chi connectivity index (χ2n) is 11.6. The smallest absolute Gasteiger partial charge is 0.410 e. The number of likely N-dealkylation sites (tertiary alicyclic amines) is 1. The number of sulfone groups is 1. The van der Waals surface area contributed by atoms with E-state index in [-0.39, 0.29) is 29.3 Å². The summed E-state index contributed by atoms with van der Waals surface area (Å²) in [6.07, 6.45) is 7.24. The van der Waals surface area contributed by atoms with Crippen molar-refractivity contribution in [2.45, 2.75) is 68.7 Å². The largest absolute Gasteiger partial charge is 0.487 e. The number of hydrogen-bond acceptors (Lipinski definition) is 6. The highest BCUT2D eigenvalue weighted by molar-refractivity contribution is 7.89. The summed E-state index contributed by atoms with van der Waals surface area (Å²) >= 11 is 0. The van der Waals surface area contributed by atoms with Gasteiger partial charge in [0, 0.05) is 32.1 Å². The minimum absolute atomic E-state index is 0.0109. The van der Waals surface area contributed by atoms with Gasteiger partial charge >= 0.3 is 6.09 Å². The van der Waals surface area contributed by atoms with Crippen molar-refractivity contribution < 1.29 is 22.7 Å². The number of ether oxygens (including phenoxy) is 2. The molecule has 7 nitrogen and oxygen atoms in total. The van der Waals surface area contributed by atoms with Gasteiger partial charge in [0.15, 0.2) is 9.84 Å². The predicted octanol–water partition coefficient (Wildman–Crippen LogP) is 5.96. The minimum atomic E-state index is -3.31. The Kier molecular flexibility index (Phi) is 7.29. The molecule has 3 aliphatic rings. The van der Waals surface area contributed by atoms with Gasteiger partial charge in [-0.15, -0.1) is 0 Å². The van der Waals surface area contributed by atoms with Crippen molar-refractivity contribution in [2.24, 2.45) is 5.92 Å². The maximum absolute atomic E-state index is 12.7. The van der Waals surface area contributed by atoms with Crippen LogP contribution in [0.3, 0.4) is 0 Å². The van der Waals surface area contributed by atoms with Crippen LogP contribution in [0.5, 0.6) is 5.75 Å². The minimum Gasteiger partial charge on any atom is -0.487 e. The molecule has 1 amide bonds. The van der Waals surface area contributed by atoms with E-state index < -0.39 is 9.84 Å². The number of piperidine rings is 1. The predicted molar refractivity (Wildman–Crippen MR) is 154 cm³/mol. The summed E-state index contributed by atoms with van der Waals surface area (Å²) in [7, 11) is -3.31. The lowest BCUT2D eigenvalue weighted by Crippen LogP contribution is -2.51. The number of fused-ring (bicyclic) bond motifs is 1. The first-order valence-electron chi connectivity index (χ1n) is 14.2. The highest BCUT2D eigenvalue weighted by Gasteiger charge is 2.41. The van der Waals surface area contributed by atoms with E-state index >= 15 is 0 Å². The van der Waals surface area contributed by atoms with E-state index in [9.17, 15) is 13.2 Å². The maximum Gasteiger partial charge on any atom is 0.410 e. The Morgan fingerprint density at radius 3 is 2.48 bits per heavy atom. The van der Waals surface area contributed by atoms with Crippen LogP contribution < -0.4 is 4.74 Å². The molecular formula is C32H36N2O5S. The number of amides is 1. The van der Waals surface area contributed by atoms with Gasteiger partial charge in [0.05, 0.1) is 17.2 Å².